The maximum atomic E-state index is 13.7. The van der Waals surface area contributed by atoms with Gasteiger partial charge in [-0.25, -0.2) is 18.7 Å². The molecule has 0 spiro atoms. The Balaban J connectivity index is 1.82. The van der Waals surface area contributed by atoms with Crippen molar-refractivity contribution in [3.8, 4) is 5.88 Å². The second kappa shape index (κ2) is 8.78. The molecule has 10 heteroatoms. The summed E-state index contributed by atoms with van der Waals surface area (Å²) < 4.78 is 33.8. The maximum Gasteiger partial charge on any atom is 0.272 e. The van der Waals surface area contributed by atoms with E-state index in [4.69, 9.17) is 4.74 Å². The smallest absolute Gasteiger partial charge is 0.272 e. The van der Waals surface area contributed by atoms with Crippen LogP contribution in [0.1, 0.15) is 17.0 Å². The minimum absolute atomic E-state index is 0.0384. The van der Waals surface area contributed by atoms with Crippen LogP contribution in [0.25, 0.3) is 0 Å². The number of aryl methyl sites for hydroxylation is 1. The van der Waals surface area contributed by atoms with Crippen molar-refractivity contribution in [3.63, 3.8) is 0 Å². The van der Waals surface area contributed by atoms with Crippen molar-refractivity contribution in [2.24, 2.45) is 0 Å². The first kappa shape index (κ1) is 20.4. The van der Waals surface area contributed by atoms with Gasteiger partial charge in [0.15, 0.2) is 5.16 Å². The molecule has 3 rings (SSSR count). The molecule has 0 saturated heterocycles. The van der Waals surface area contributed by atoms with Crippen LogP contribution < -0.4 is 10.3 Å². The molecule has 2 aromatic heterocycles. The van der Waals surface area contributed by atoms with E-state index < -0.39 is 11.6 Å². The van der Waals surface area contributed by atoms with E-state index in [0.717, 1.165) is 17.7 Å². The molecule has 0 unspecified atom stereocenters. The normalized spacial score (nSPS) is 10.9. The van der Waals surface area contributed by atoms with Crippen molar-refractivity contribution in [1.29, 1.82) is 0 Å². The molecular weight excluding hydrogens is 454 g/mol. The molecule has 3 aromatic rings. The number of thioether (sulfide) groups is 1. The molecule has 0 amide bonds. The zero-order valence-corrected chi connectivity index (χ0v) is 17.4. The third-order valence-corrected chi connectivity index (χ3v) is 5.11. The van der Waals surface area contributed by atoms with Crippen LogP contribution in [-0.2, 0) is 13.2 Å². The van der Waals surface area contributed by atoms with Gasteiger partial charge in [0.1, 0.15) is 28.5 Å². The fourth-order valence-electron chi connectivity index (χ4n) is 2.39. The Kier molecular flexibility index (Phi) is 6.40. The topological polar surface area (TPSA) is 69.9 Å². The molecule has 0 N–H and O–H groups in total. The number of nitrogens with zero attached hydrogens (tertiary/aromatic N) is 4. The largest absolute Gasteiger partial charge is 0.472 e. The molecule has 0 radical (unpaired) electrons. The monoisotopic (exact) mass is 468 g/mol. The molecule has 0 aliphatic carbocycles. The van der Waals surface area contributed by atoms with E-state index in [1.807, 2.05) is 6.26 Å². The van der Waals surface area contributed by atoms with Crippen molar-refractivity contribution in [2.45, 2.75) is 25.2 Å². The number of rotatable bonds is 6. The van der Waals surface area contributed by atoms with Gasteiger partial charge < -0.3 is 4.74 Å². The Morgan fingerprint density at radius 3 is 2.61 bits per heavy atom. The van der Waals surface area contributed by atoms with E-state index in [0.29, 0.717) is 11.0 Å². The third-order valence-electron chi connectivity index (χ3n) is 3.86. The lowest BCUT2D eigenvalue weighted by molar-refractivity contribution is 0.282. The number of ether oxygens (including phenoxy) is 1. The van der Waals surface area contributed by atoms with E-state index in [2.05, 4.69) is 30.9 Å². The highest BCUT2D eigenvalue weighted by Gasteiger charge is 2.15. The number of hydrogen-bond acceptors (Lipinski definition) is 6. The van der Waals surface area contributed by atoms with Crippen LogP contribution in [-0.4, -0.2) is 25.8 Å². The lowest BCUT2D eigenvalue weighted by Gasteiger charge is -2.13. The quantitative estimate of drug-likeness (QED) is 0.405. The zero-order chi connectivity index (χ0) is 20.3. The van der Waals surface area contributed by atoms with Crippen LogP contribution in [0.4, 0.5) is 8.78 Å². The van der Waals surface area contributed by atoms with Crippen LogP contribution in [0.15, 0.2) is 45.0 Å². The van der Waals surface area contributed by atoms with Gasteiger partial charge in [-0.05, 0) is 41.2 Å². The summed E-state index contributed by atoms with van der Waals surface area (Å²) in [4.78, 5) is 25.3. The van der Waals surface area contributed by atoms with E-state index in [1.54, 1.807) is 19.3 Å². The van der Waals surface area contributed by atoms with Crippen molar-refractivity contribution in [3.05, 3.63) is 74.0 Å². The van der Waals surface area contributed by atoms with Gasteiger partial charge in [-0.15, -0.1) is 0 Å². The Labute approximate surface area is 172 Å². The predicted molar refractivity (Wildman–Crippen MR) is 105 cm³/mol. The average Bonchev–Trinajstić information content (AvgIpc) is 2.68. The number of halogens is 3. The summed E-state index contributed by atoms with van der Waals surface area (Å²) in [6.07, 6.45) is 5.18. The van der Waals surface area contributed by atoms with E-state index >= 15 is 0 Å². The van der Waals surface area contributed by atoms with Gasteiger partial charge in [-0.1, -0.05) is 11.8 Å². The fourth-order valence-corrected chi connectivity index (χ4v) is 3.13. The van der Waals surface area contributed by atoms with Crippen LogP contribution in [0.3, 0.4) is 0 Å². The molecular formula is C18H15BrF2N4O2S. The van der Waals surface area contributed by atoms with Crippen molar-refractivity contribution >= 4 is 27.7 Å². The minimum Gasteiger partial charge on any atom is -0.472 e. The molecule has 0 atom stereocenters. The molecule has 0 aliphatic heterocycles. The van der Waals surface area contributed by atoms with Gasteiger partial charge in [0, 0.05) is 29.6 Å². The van der Waals surface area contributed by atoms with Crippen molar-refractivity contribution < 1.29 is 13.5 Å². The summed E-state index contributed by atoms with van der Waals surface area (Å²) in [6, 6.07) is 3.19. The number of benzene rings is 1. The van der Waals surface area contributed by atoms with Gasteiger partial charge in [0.25, 0.3) is 5.56 Å². The lowest BCUT2D eigenvalue weighted by atomic mass is 10.2. The van der Waals surface area contributed by atoms with E-state index in [9.17, 15) is 13.6 Å². The molecule has 0 fully saturated rings. The molecule has 146 valence electrons. The number of aromatic nitrogens is 4. The van der Waals surface area contributed by atoms with E-state index in [-0.39, 0.29) is 34.6 Å². The second-order valence-corrected chi connectivity index (χ2v) is 7.34. The van der Waals surface area contributed by atoms with Crippen molar-refractivity contribution in [1.82, 2.24) is 19.5 Å². The summed E-state index contributed by atoms with van der Waals surface area (Å²) >= 11 is 4.62. The molecule has 0 saturated carbocycles. The zero-order valence-electron chi connectivity index (χ0n) is 14.9. The summed E-state index contributed by atoms with van der Waals surface area (Å²) in [6.45, 7) is 1.72. The van der Waals surface area contributed by atoms with Gasteiger partial charge in [-0.3, -0.25) is 9.36 Å². The van der Waals surface area contributed by atoms with Gasteiger partial charge in [0.2, 0.25) is 5.88 Å². The highest BCUT2D eigenvalue weighted by molar-refractivity contribution is 9.10. The summed E-state index contributed by atoms with van der Waals surface area (Å²) in [7, 11) is 0. The molecule has 2 heterocycles. The number of hydrogen-bond donors (Lipinski definition) is 0. The molecule has 6 nitrogen and oxygen atoms in total. The summed E-state index contributed by atoms with van der Waals surface area (Å²) in [5, 5.41) is 0.642. The third kappa shape index (κ3) is 4.56. The first-order chi connectivity index (χ1) is 13.4. The maximum absolute atomic E-state index is 13.7. The van der Waals surface area contributed by atoms with Crippen LogP contribution >= 0.6 is 27.7 Å². The van der Waals surface area contributed by atoms with Crippen LogP contribution in [0.5, 0.6) is 5.88 Å². The van der Waals surface area contributed by atoms with Crippen LogP contribution in [0, 0.1) is 18.6 Å². The van der Waals surface area contributed by atoms with Crippen LogP contribution in [0.2, 0.25) is 0 Å². The van der Waals surface area contributed by atoms with Gasteiger partial charge in [0.05, 0.1) is 6.54 Å². The molecule has 28 heavy (non-hydrogen) atoms. The Bertz CT molecular complexity index is 1060. The Morgan fingerprint density at radius 2 is 1.96 bits per heavy atom. The predicted octanol–water partition coefficient (Wildman–Crippen LogP) is 3.73. The minimum atomic E-state index is -0.727. The van der Waals surface area contributed by atoms with E-state index in [1.165, 1.54) is 22.4 Å². The molecule has 1 aromatic carbocycles. The van der Waals surface area contributed by atoms with Gasteiger partial charge >= 0.3 is 0 Å². The average molecular weight is 469 g/mol. The van der Waals surface area contributed by atoms with Gasteiger partial charge in [-0.2, -0.15) is 4.98 Å². The summed E-state index contributed by atoms with van der Waals surface area (Å²) in [5.41, 5.74) is 0.553. The second-order valence-electron chi connectivity index (χ2n) is 5.77. The highest BCUT2D eigenvalue weighted by atomic mass is 79.9. The SMILES string of the molecule is CSc1ncc(Cn2c(C)nc(OCc3ccc(F)cc3F)c(Br)c2=O)cn1. The first-order valence-corrected chi connectivity index (χ1v) is 10.1. The highest BCUT2D eigenvalue weighted by Crippen LogP contribution is 2.21. The first-order valence-electron chi connectivity index (χ1n) is 8.07. The fraction of sp³-hybridized carbons (Fsp3) is 0.222. The molecule has 0 aliphatic rings. The standard InChI is InChI=1S/C18H15BrF2N4O2S/c1-10-24-16(27-9-12-3-4-13(20)5-14(12)21)15(19)17(26)25(10)8-11-6-22-18(28-2)23-7-11/h3-7H,8-9H2,1-2H3. The summed E-state index contributed by atoms with van der Waals surface area (Å²) in [5.74, 6) is -0.948. The lowest BCUT2D eigenvalue weighted by Crippen LogP contribution is -2.26. The molecule has 0 bridgehead atoms. The van der Waals surface area contributed by atoms with Crippen molar-refractivity contribution in [2.75, 3.05) is 6.26 Å². The Morgan fingerprint density at radius 1 is 1.25 bits per heavy atom. The Hall–Kier alpha value is -2.33.